The number of carboxylic acids is 1. The maximum absolute atomic E-state index is 11.4. The normalized spacial score (nSPS) is 24.8. The molecule has 1 atom stereocenters. The van der Waals surface area contributed by atoms with E-state index in [9.17, 15) is 13.2 Å². The van der Waals surface area contributed by atoms with E-state index in [-0.39, 0.29) is 6.04 Å². The molecule has 0 spiro atoms. The van der Waals surface area contributed by atoms with E-state index in [0.717, 1.165) is 12.8 Å². The van der Waals surface area contributed by atoms with Crippen molar-refractivity contribution >= 4 is 16.0 Å². The van der Waals surface area contributed by atoms with Gasteiger partial charge < -0.3 is 5.11 Å². The van der Waals surface area contributed by atoms with Crippen LogP contribution in [0, 0.1) is 0 Å². The molecule has 6 heteroatoms. The van der Waals surface area contributed by atoms with E-state index in [1.165, 1.54) is 4.31 Å². The molecular weight excluding hydrogens is 194 g/mol. The third-order valence-electron chi connectivity index (χ3n) is 2.16. The first-order valence-corrected chi connectivity index (χ1v) is 5.76. The smallest absolute Gasteiger partial charge is 0.320 e. The van der Waals surface area contributed by atoms with E-state index in [1.807, 2.05) is 0 Å². The molecule has 1 heterocycles. The standard InChI is InChI=1S/C7H13NO4S/c1-6-3-2-4-8(6)13(11,12)5-7(9)10/h6H,2-5H2,1H3,(H,9,10). The average molecular weight is 207 g/mol. The van der Waals surface area contributed by atoms with E-state index in [0.29, 0.717) is 6.54 Å². The minimum Gasteiger partial charge on any atom is -0.480 e. The van der Waals surface area contributed by atoms with Crippen molar-refractivity contribution in [3.63, 3.8) is 0 Å². The van der Waals surface area contributed by atoms with Gasteiger partial charge in [-0.05, 0) is 19.8 Å². The number of carbonyl (C=O) groups is 1. The third kappa shape index (κ3) is 2.41. The largest absolute Gasteiger partial charge is 0.480 e. The first-order chi connectivity index (χ1) is 5.93. The lowest BCUT2D eigenvalue weighted by Crippen LogP contribution is -2.37. The van der Waals surface area contributed by atoms with Crippen LogP contribution < -0.4 is 0 Å². The predicted molar refractivity (Wildman–Crippen MR) is 46.8 cm³/mol. The average Bonchev–Trinajstić information content (AvgIpc) is 2.32. The van der Waals surface area contributed by atoms with Gasteiger partial charge >= 0.3 is 5.97 Å². The lowest BCUT2D eigenvalue weighted by molar-refractivity contribution is -0.134. The van der Waals surface area contributed by atoms with Gasteiger partial charge in [-0.25, -0.2) is 8.42 Å². The SMILES string of the molecule is CC1CCCN1S(=O)(=O)CC(=O)O. The molecule has 0 aromatic heterocycles. The first-order valence-electron chi connectivity index (χ1n) is 4.15. The Kier molecular flexibility index (Phi) is 2.92. The summed E-state index contributed by atoms with van der Waals surface area (Å²) in [5.41, 5.74) is 0. The van der Waals surface area contributed by atoms with Crippen molar-refractivity contribution in [2.24, 2.45) is 0 Å². The maximum Gasteiger partial charge on any atom is 0.320 e. The monoisotopic (exact) mass is 207 g/mol. The van der Waals surface area contributed by atoms with Gasteiger partial charge in [0.15, 0.2) is 5.75 Å². The highest BCUT2D eigenvalue weighted by Crippen LogP contribution is 2.20. The summed E-state index contributed by atoms with van der Waals surface area (Å²) in [5, 5.41) is 8.39. The lowest BCUT2D eigenvalue weighted by atomic mass is 10.3. The van der Waals surface area contributed by atoms with Gasteiger partial charge in [0.25, 0.3) is 0 Å². The molecule has 0 radical (unpaired) electrons. The Morgan fingerprint density at radius 1 is 1.62 bits per heavy atom. The zero-order valence-corrected chi connectivity index (χ0v) is 8.25. The Bertz CT molecular complexity index is 298. The Morgan fingerprint density at radius 3 is 2.62 bits per heavy atom. The van der Waals surface area contributed by atoms with Crippen LogP contribution in [0.15, 0.2) is 0 Å². The van der Waals surface area contributed by atoms with Crippen LogP contribution in [-0.2, 0) is 14.8 Å². The molecule has 76 valence electrons. The summed E-state index contributed by atoms with van der Waals surface area (Å²) < 4.78 is 24.1. The van der Waals surface area contributed by atoms with Gasteiger partial charge in [-0.3, -0.25) is 4.79 Å². The van der Waals surface area contributed by atoms with Gasteiger partial charge in [-0.15, -0.1) is 0 Å². The second kappa shape index (κ2) is 3.63. The van der Waals surface area contributed by atoms with Crippen molar-refractivity contribution in [2.45, 2.75) is 25.8 Å². The second-order valence-corrected chi connectivity index (χ2v) is 5.17. The topological polar surface area (TPSA) is 74.7 Å². The van der Waals surface area contributed by atoms with Crippen LogP contribution in [0.1, 0.15) is 19.8 Å². The lowest BCUT2D eigenvalue weighted by Gasteiger charge is -2.19. The number of hydrogen-bond donors (Lipinski definition) is 1. The molecule has 1 fully saturated rings. The van der Waals surface area contributed by atoms with Crippen LogP contribution in [0.2, 0.25) is 0 Å². The predicted octanol–water partition coefficient (Wildman–Crippen LogP) is -0.115. The molecule has 0 bridgehead atoms. The van der Waals surface area contributed by atoms with Crippen molar-refractivity contribution < 1.29 is 18.3 Å². The molecule has 0 saturated carbocycles. The summed E-state index contributed by atoms with van der Waals surface area (Å²) in [5.74, 6) is -2.09. The summed E-state index contributed by atoms with van der Waals surface area (Å²) in [7, 11) is -3.57. The molecular formula is C7H13NO4S. The van der Waals surface area contributed by atoms with Crippen LogP contribution in [0.3, 0.4) is 0 Å². The highest BCUT2D eigenvalue weighted by Gasteiger charge is 2.32. The van der Waals surface area contributed by atoms with Crippen molar-refractivity contribution in [1.82, 2.24) is 4.31 Å². The molecule has 1 aliphatic heterocycles. The molecule has 0 aromatic carbocycles. The zero-order valence-electron chi connectivity index (χ0n) is 7.43. The highest BCUT2D eigenvalue weighted by atomic mass is 32.2. The van der Waals surface area contributed by atoms with Gasteiger partial charge in [-0.1, -0.05) is 0 Å². The number of rotatable bonds is 3. The van der Waals surface area contributed by atoms with Crippen molar-refractivity contribution in [3.05, 3.63) is 0 Å². The summed E-state index contributed by atoms with van der Waals surface area (Å²) in [6, 6.07) is -0.0515. The van der Waals surface area contributed by atoms with E-state index in [2.05, 4.69) is 0 Å². The van der Waals surface area contributed by atoms with E-state index in [4.69, 9.17) is 5.11 Å². The maximum atomic E-state index is 11.4. The molecule has 1 unspecified atom stereocenters. The van der Waals surface area contributed by atoms with E-state index >= 15 is 0 Å². The molecule has 0 aromatic rings. The fourth-order valence-electron chi connectivity index (χ4n) is 1.56. The Morgan fingerprint density at radius 2 is 2.23 bits per heavy atom. The highest BCUT2D eigenvalue weighted by molar-refractivity contribution is 7.89. The van der Waals surface area contributed by atoms with Crippen LogP contribution in [0.5, 0.6) is 0 Å². The molecule has 1 aliphatic rings. The second-order valence-electron chi connectivity index (χ2n) is 3.25. The molecule has 5 nitrogen and oxygen atoms in total. The van der Waals surface area contributed by atoms with Crippen LogP contribution >= 0.6 is 0 Å². The van der Waals surface area contributed by atoms with Gasteiger partial charge in [0.1, 0.15) is 0 Å². The first kappa shape index (κ1) is 10.5. The van der Waals surface area contributed by atoms with Crippen molar-refractivity contribution in [3.8, 4) is 0 Å². The number of sulfonamides is 1. The number of carboxylic acid groups (broad SMARTS) is 1. The fraction of sp³-hybridized carbons (Fsp3) is 0.857. The number of nitrogens with zero attached hydrogens (tertiary/aromatic N) is 1. The minimum atomic E-state index is -3.57. The molecule has 13 heavy (non-hydrogen) atoms. The van der Waals surface area contributed by atoms with Gasteiger partial charge in [0, 0.05) is 12.6 Å². The molecule has 1 saturated heterocycles. The Hall–Kier alpha value is -0.620. The van der Waals surface area contributed by atoms with Crippen LogP contribution in [-0.4, -0.2) is 42.1 Å². The van der Waals surface area contributed by atoms with E-state index in [1.54, 1.807) is 6.92 Å². The minimum absolute atomic E-state index is 0.0515. The summed E-state index contributed by atoms with van der Waals surface area (Å²) in [4.78, 5) is 10.3. The fourth-order valence-corrected chi connectivity index (χ4v) is 3.10. The number of aliphatic carboxylic acids is 1. The quantitative estimate of drug-likeness (QED) is 0.700. The summed E-state index contributed by atoms with van der Waals surface area (Å²) in [6.45, 7) is 2.25. The molecule has 1 rings (SSSR count). The van der Waals surface area contributed by atoms with E-state index < -0.39 is 21.7 Å². The Labute approximate surface area is 77.4 Å². The van der Waals surface area contributed by atoms with Gasteiger partial charge in [0.05, 0.1) is 0 Å². The molecule has 1 N–H and O–H groups in total. The van der Waals surface area contributed by atoms with Gasteiger partial charge in [0.2, 0.25) is 10.0 Å². The Balaban J connectivity index is 2.74. The molecule has 0 aliphatic carbocycles. The summed E-state index contributed by atoms with van der Waals surface area (Å²) >= 11 is 0. The third-order valence-corrected chi connectivity index (χ3v) is 4.02. The van der Waals surface area contributed by atoms with Crippen molar-refractivity contribution in [1.29, 1.82) is 0 Å². The number of hydrogen-bond acceptors (Lipinski definition) is 3. The van der Waals surface area contributed by atoms with Crippen LogP contribution in [0.25, 0.3) is 0 Å². The summed E-state index contributed by atoms with van der Waals surface area (Å²) in [6.07, 6.45) is 1.64. The van der Waals surface area contributed by atoms with Gasteiger partial charge in [-0.2, -0.15) is 4.31 Å². The van der Waals surface area contributed by atoms with Crippen molar-refractivity contribution in [2.75, 3.05) is 12.3 Å². The molecule has 0 amide bonds. The van der Waals surface area contributed by atoms with Crippen LogP contribution in [0.4, 0.5) is 0 Å². The zero-order chi connectivity index (χ0) is 10.1.